The highest BCUT2D eigenvalue weighted by Gasteiger charge is 2.27. The van der Waals surface area contributed by atoms with Crippen LogP contribution in [0.5, 0.6) is 0 Å². The van der Waals surface area contributed by atoms with Crippen LogP contribution in [0, 0.1) is 11.3 Å². The Bertz CT molecular complexity index is 1050. The lowest BCUT2D eigenvalue weighted by Gasteiger charge is -2.25. The lowest BCUT2D eigenvalue weighted by atomic mass is 10.2. The maximum Gasteiger partial charge on any atom is 0.252 e. The number of thiophene rings is 1. The van der Waals surface area contributed by atoms with Crippen LogP contribution in [0.4, 0.5) is 0 Å². The minimum absolute atomic E-state index is 0.0222. The van der Waals surface area contributed by atoms with Gasteiger partial charge in [-0.2, -0.15) is 9.57 Å². The molecule has 0 aliphatic carbocycles. The molecule has 2 heterocycles. The van der Waals surface area contributed by atoms with Gasteiger partial charge in [0.05, 0.1) is 29.7 Å². The number of nitriles is 1. The Morgan fingerprint density at radius 3 is 2.37 bits per heavy atom. The molecule has 0 radical (unpaired) electrons. The summed E-state index contributed by atoms with van der Waals surface area (Å²) < 4.78 is 59.0. The summed E-state index contributed by atoms with van der Waals surface area (Å²) in [5.74, 6) is 0. The highest BCUT2D eigenvalue weighted by Crippen LogP contribution is 2.26. The lowest BCUT2D eigenvalue weighted by Crippen LogP contribution is -2.40. The van der Waals surface area contributed by atoms with Crippen LogP contribution >= 0.6 is 11.3 Å². The minimum atomic E-state index is -3.76. The quantitative estimate of drug-likeness (QED) is 0.738. The Labute approximate surface area is 162 Å². The summed E-state index contributed by atoms with van der Waals surface area (Å²) >= 11 is 1.03. The van der Waals surface area contributed by atoms with Crippen molar-refractivity contribution < 1.29 is 21.6 Å². The van der Waals surface area contributed by atoms with E-state index in [0.29, 0.717) is 36.7 Å². The van der Waals surface area contributed by atoms with E-state index in [1.54, 1.807) is 6.07 Å². The fraction of sp³-hybridized carbons (Fsp3) is 0.312. The van der Waals surface area contributed by atoms with E-state index >= 15 is 0 Å². The Hall–Kier alpha value is -1.81. The molecule has 8 nitrogen and oxygen atoms in total. The fourth-order valence-electron chi connectivity index (χ4n) is 2.46. The summed E-state index contributed by atoms with van der Waals surface area (Å²) in [5.41, 5.74) is 0.366. The molecule has 1 aromatic carbocycles. The molecule has 144 valence electrons. The Kier molecular flexibility index (Phi) is 5.95. The molecule has 1 aliphatic rings. The number of sulfonamides is 2. The molecule has 0 saturated carbocycles. The molecule has 1 N–H and O–H groups in total. The molecule has 2 aromatic rings. The first-order valence-corrected chi connectivity index (χ1v) is 11.7. The van der Waals surface area contributed by atoms with Gasteiger partial charge in [-0.25, -0.2) is 21.6 Å². The number of nitrogens with one attached hydrogen (secondary N) is 1. The SMILES string of the molecule is N#Cc1ccc(S(=O)(=O)NCc2ccc(S(=O)(=O)N3CCOCC3)s2)cc1. The van der Waals surface area contributed by atoms with Gasteiger partial charge in [-0.3, -0.25) is 0 Å². The molecule has 11 heteroatoms. The molecule has 1 saturated heterocycles. The standard InChI is InChI=1S/C16H17N3O5S3/c17-11-13-1-4-15(5-2-13)26(20,21)18-12-14-3-6-16(25-14)27(22,23)19-7-9-24-10-8-19/h1-6,18H,7-10,12H2. The van der Waals surface area contributed by atoms with Crippen molar-refractivity contribution in [3.63, 3.8) is 0 Å². The zero-order valence-corrected chi connectivity index (χ0v) is 16.6. The molecule has 0 unspecified atom stereocenters. The smallest absolute Gasteiger partial charge is 0.252 e. The average Bonchev–Trinajstić information content (AvgIpc) is 3.17. The van der Waals surface area contributed by atoms with Crippen molar-refractivity contribution in [3.05, 3.63) is 46.8 Å². The number of ether oxygens (including phenoxy) is 1. The van der Waals surface area contributed by atoms with Gasteiger partial charge in [0, 0.05) is 24.5 Å². The van der Waals surface area contributed by atoms with Gasteiger partial charge >= 0.3 is 0 Å². The summed E-state index contributed by atoms with van der Waals surface area (Å²) in [6.45, 7) is 1.32. The number of benzene rings is 1. The molecule has 0 bridgehead atoms. The van der Waals surface area contributed by atoms with E-state index in [1.165, 1.54) is 34.6 Å². The van der Waals surface area contributed by atoms with Gasteiger partial charge in [0.15, 0.2) is 0 Å². The first-order valence-electron chi connectivity index (χ1n) is 7.99. The van der Waals surface area contributed by atoms with Crippen LogP contribution in [0.25, 0.3) is 0 Å². The van der Waals surface area contributed by atoms with Gasteiger partial charge in [0.25, 0.3) is 10.0 Å². The van der Waals surface area contributed by atoms with Crippen LogP contribution in [0.3, 0.4) is 0 Å². The maximum absolute atomic E-state index is 12.6. The van der Waals surface area contributed by atoms with E-state index in [0.717, 1.165) is 11.3 Å². The predicted octanol–water partition coefficient (Wildman–Crippen LogP) is 1.12. The van der Waals surface area contributed by atoms with E-state index in [-0.39, 0.29) is 15.6 Å². The first kappa shape index (κ1) is 19.9. The molecule has 27 heavy (non-hydrogen) atoms. The molecular formula is C16H17N3O5S3. The van der Waals surface area contributed by atoms with E-state index in [2.05, 4.69) is 4.72 Å². The Morgan fingerprint density at radius 2 is 1.74 bits per heavy atom. The third kappa shape index (κ3) is 4.55. The monoisotopic (exact) mass is 427 g/mol. The van der Waals surface area contributed by atoms with E-state index < -0.39 is 20.0 Å². The van der Waals surface area contributed by atoms with Crippen molar-refractivity contribution in [2.75, 3.05) is 26.3 Å². The second-order valence-corrected chi connectivity index (χ2v) is 10.8. The van der Waals surface area contributed by atoms with Crippen molar-refractivity contribution >= 4 is 31.4 Å². The number of rotatable bonds is 6. The van der Waals surface area contributed by atoms with E-state index in [4.69, 9.17) is 10.00 Å². The van der Waals surface area contributed by atoms with Crippen LogP contribution in [-0.4, -0.2) is 47.4 Å². The molecule has 3 rings (SSSR count). The average molecular weight is 428 g/mol. The largest absolute Gasteiger partial charge is 0.379 e. The van der Waals surface area contributed by atoms with Crippen LogP contribution < -0.4 is 4.72 Å². The van der Waals surface area contributed by atoms with E-state index in [9.17, 15) is 16.8 Å². The van der Waals surface area contributed by atoms with Gasteiger partial charge in [-0.05, 0) is 36.4 Å². The highest BCUT2D eigenvalue weighted by molar-refractivity contribution is 7.91. The lowest BCUT2D eigenvalue weighted by molar-refractivity contribution is 0.0731. The molecule has 1 aliphatic heterocycles. The van der Waals surface area contributed by atoms with Crippen molar-refractivity contribution in [2.24, 2.45) is 0 Å². The van der Waals surface area contributed by atoms with Crippen molar-refractivity contribution in [2.45, 2.75) is 15.6 Å². The first-order chi connectivity index (χ1) is 12.8. The van der Waals surface area contributed by atoms with Gasteiger partial charge < -0.3 is 4.74 Å². The third-order valence-corrected chi connectivity index (χ3v) is 8.80. The maximum atomic E-state index is 12.6. The van der Waals surface area contributed by atoms with Gasteiger partial charge in [0.1, 0.15) is 4.21 Å². The normalized spacial score (nSPS) is 16.1. The van der Waals surface area contributed by atoms with Crippen LogP contribution in [0.1, 0.15) is 10.4 Å². The molecular weight excluding hydrogens is 410 g/mol. The Morgan fingerprint density at radius 1 is 1.07 bits per heavy atom. The summed E-state index contributed by atoms with van der Waals surface area (Å²) in [6, 6.07) is 10.6. The Balaban J connectivity index is 1.69. The topological polar surface area (TPSA) is 117 Å². The summed E-state index contributed by atoms with van der Waals surface area (Å²) in [5, 5.41) is 8.77. The number of hydrogen-bond acceptors (Lipinski definition) is 7. The fourth-order valence-corrected chi connectivity index (χ4v) is 6.42. The van der Waals surface area contributed by atoms with Gasteiger partial charge in [-0.15, -0.1) is 11.3 Å². The van der Waals surface area contributed by atoms with Crippen LogP contribution in [-0.2, 0) is 31.3 Å². The highest BCUT2D eigenvalue weighted by atomic mass is 32.2. The number of hydrogen-bond donors (Lipinski definition) is 1. The zero-order chi connectivity index (χ0) is 19.5. The third-order valence-electron chi connectivity index (χ3n) is 3.93. The second kappa shape index (κ2) is 8.05. The molecule has 0 spiro atoms. The number of nitrogens with zero attached hydrogens (tertiary/aromatic N) is 2. The van der Waals surface area contributed by atoms with Crippen molar-refractivity contribution in [1.29, 1.82) is 5.26 Å². The molecule has 0 amide bonds. The summed E-state index contributed by atoms with van der Waals surface area (Å²) in [4.78, 5) is 0.623. The predicted molar refractivity (Wildman–Crippen MR) is 99.1 cm³/mol. The van der Waals surface area contributed by atoms with Crippen LogP contribution in [0.15, 0.2) is 45.5 Å². The second-order valence-electron chi connectivity index (χ2n) is 5.70. The van der Waals surface area contributed by atoms with Crippen molar-refractivity contribution in [3.8, 4) is 6.07 Å². The summed E-state index contributed by atoms with van der Waals surface area (Å²) in [7, 11) is -7.35. The molecule has 1 fully saturated rings. The number of morpholine rings is 1. The van der Waals surface area contributed by atoms with Crippen molar-refractivity contribution in [1.82, 2.24) is 9.03 Å². The van der Waals surface area contributed by atoms with Gasteiger partial charge in [0.2, 0.25) is 10.0 Å². The van der Waals surface area contributed by atoms with Gasteiger partial charge in [-0.1, -0.05) is 0 Å². The molecule has 0 atom stereocenters. The van der Waals surface area contributed by atoms with E-state index in [1.807, 2.05) is 6.07 Å². The molecule has 1 aromatic heterocycles. The van der Waals surface area contributed by atoms with Crippen LogP contribution in [0.2, 0.25) is 0 Å². The minimum Gasteiger partial charge on any atom is -0.379 e. The zero-order valence-electron chi connectivity index (χ0n) is 14.2. The summed E-state index contributed by atoms with van der Waals surface area (Å²) in [6.07, 6.45) is 0.